The lowest BCUT2D eigenvalue weighted by atomic mass is 10.2. The first-order valence-corrected chi connectivity index (χ1v) is 4.09. The van der Waals surface area contributed by atoms with Gasteiger partial charge in [0.05, 0.1) is 0 Å². The minimum atomic E-state index is -1.27. The average molecular weight is 224 g/mol. The van der Waals surface area contributed by atoms with Crippen LogP contribution in [0.3, 0.4) is 0 Å². The molecule has 0 saturated heterocycles. The molecule has 0 radical (unpaired) electrons. The van der Waals surface area contributed by atoms with Gasteiger partial charge >= 0.3 is 5.97 Å². The van der Waals surface area contributed by atoms with Gasteiger partial charge in [0.25, 0.3) is 5.91 Å². The van der Waals surface area contributed by atoms with E-state index >= 15 is 0 Å². The number of hydrogen-bond donors (Lipinski definition) is 4. The molecule has 0 saturated carbocycles. The van der Waals surface area contributed by atoms with E-state index < -0.39 is 17.6 Å². The van der Waals surface area contributed by atoms with Crippen LogP contribution in [0.1, 0.15) is 10.4 Å². The highest BCUT2D eigenvalue weighted by Crippen LogP contribution is 2.21. The molecule has 0 aliphatic carbocycles. The van der Waals surface area contributed by atoms with E-state index in [0.717, 1.165) is 12.1 Å². The fourth-order valence-corrected chi connectivity index (χ4v) is 1.02. The van der Waals surface area contributed by atoms with E-state index in [-0.39, 0.29) is 11.3 Å². The van der Waals surface area contributed by atoms with Crippen molar-refractivity contribution in [2.75, 3.05) is 5.32 Å². The van der Waals surface area contributed by atoms with Gasteiger partial charge in [0.1, 0.15) is 17.5 Å². The van der Waals surface area contributed by atoms with E-state index in [1.54, 1.807) is 0 Å². The molecule has 0 unspecified atom stereocenters. The quantitative estimate of drug-likeness (QED) is 0.338. The minimum absolute atomic E-state index is 0.187. The molecule has 7 nitrogen and oxygen atoms in total. The summed E-state index contributed by atoms with van der Waals surface area (Å²) < 4.78 is 0. The summed E-state index contributed by atoms with van der Waals surface area (Å²) in [6.07, 6.45) is 0.627. The monoisotopic (exact) mass is 224 g/mol. The summed E-state index contributed by atoms with van der Waals surface area (Å²) in [4.78, 5) is 21.5. The number of carbonyl (C=O) groups is 2. The van der Waals surface area contributed by atoms with E-state index in [9.17, 15) is 14.7 Å². The van der Waals surface area contributed by atoms with Gasteiger partial charge in [-0.05, 0) is 12.1 Å². The molecule has 16 heavy (non-hydrogen) atoms. The van der Waals surface area contributed by atoms with E-state index in [1.807, 2.05) is 0 Å². The number of carboxylic acids is 1. The fourth-order valence-electron chi connectivity index (χ4n) is 1.02. The second-order valence-corrected chi connectivity index (χ2v) is 2.77. The number of oxime groups is 1. The normalized spacial score (nSPS) is 10.2. The lowest BCUT2D eigenvalue weighted by Gasteiger charge is -2.04. The molecule has 0 spiro atoms. The minimum Gasteiger partial charge on any atom is -0.507 e. The summed E-state index contributed by atoms with van der Waals surface area (Å²) in [7, 11) is 0. The summed E-state index contributed by atoms with van der Waals surface area (Å²) >= 11 is 0. The van der Waals surface area contributed by atoms with Crippen LogP contribution in [-0.2, 0) is 4.79 Å². The zero-order valence-electron chi connectivity index (χ0n) is 7.91. The Labute approximate surface area is 89.6 Å². The van der Waals surface area contributed by atoms with Crippen LogP contribution in [-0.4, -0.2) is 33.5 Å². The number of aromatic carboxylic acids is 1. The smallest absolute Gasteiger partial charge is 0.339 e. The van der Waals surface area contributed by atoms with Crippen molar-refractivity contribution in [1.29, 1.82) is 0 Å². The van der Waals surface area contributed by atoms with Gasteiger partial charge in [-0.3, -0.25) is 4.79 Å². The first-order valence-electron chi connectivity index (χ1n) is 4.09. The number of nitrogens with one attached hydrogen (secondary N) is 1. The topological polar surface area (TPSA) is 119 Å². The number of amides is 1. The molecule has 1 aromatic carbocycles. The molecule has 0 fully saturated rings. The molecule has 1 rings (SSSR count). The van der Waals surface area contributed by atoms with Crippen molar-refractivity contribution in [1.82, 2.24) is 0 Å². The van der Waals surface area contributed by atoms with Gasteiger partial charge in [-0.25, -0.2) is 4.79 Å². The first kappa shape index (κ1) is 11.5. The molecule has 7 heteroatoms. The maximum Gasteiger partial charge on any atom is 0.339 e. The molecule has 1 aromatic rings. The molecule has 0 bridgehead atoms. The zero-order valence-corrected chi connectivity index (χ0v) is 7.91. The Hall–Kier alpha value is -2.57. The maximum atomic E-state index is 10.9. The Morgan fingerprint density at radius 2 is 2.06 bits per heavy atom. The molecule has 0 heterocycles. The van der Waals surface area contributed by atoms with Crippen LogP contribution in [0.25, 0.3) is 0 Å². The van der Waals surface area contributed by atoms with Crippen molar-refractivity contribution < 1.29 is 25.0 Å². The van der Waals surface area contributed by atoms with E-state index in [1.165, 1.54) is 6.07 Å². The van der Waals surface area contributed by atoms with E-state index in [4.69, 9.17) is 10.3 Å². The highest BCUT2D eigenvalue weighted by atomic mass is 16.4. The van der Waals surface area contributed by atoms with Crippen LogP contribution in [0.5, 0.6) is 5.75 Å². The van der Waals surface area contributed by atoms with Crippen molar-refractivity contribution >= 4 is 23.8 Å². The number of carbonyl (C=O) groups excluding carboxylic acids is 1. The number of anilines is 1. The second kappa shape index (κ2) is 4.78. The predicted octanol–water partition coefficient (Wildman–Crippen LogP) is 0.489. The van der Waals surface area contributed by atoms with Crippen LogP contribution in [0.2, 0.25) is 0 Å². The van der Waals surface area contributed by atoms with Crippen molar-refractivity contribution in [3.63, 3.8) is 0 Å². The standard InChI is InChI=1S/C9H8N2O5/c12-7-3-5(11-8(13)4-10-16)1-2-6(7)9(14)15/h1-4,12,16H,(H,11,13)(H,14,15)/b10-4-. The number of hydrogen-bond acceptors (Lipinski definition) is 5. The first-order chi connectivity index (χ1) is 7.54. The molecular weight excluding hydrogens is 216 g/mol. The number of phenols is 1. The molecule has 0 aromatic heterocycles. The number of rotatable bonds is 3. The van der Waals surface area contributed by atoms with Gasteiger partial charge in [0.2, 0.25) is 0 Å². The molecule has 84 valence electrons. The van der Waals surface area contributed by atoms with Gasteiger partial charge < -0.3 is 20.7 Å². The number of carboxylic acid groups (broad SMARTS) is 1. The second-order valence-electron chi connectivity index (χ2n) is 2.77. The van der Waals surface area contributed by atoms with Gasteiger partial charge in [-0.2, -0.15) is 0 Å². The van der Waals surface area contributed by atoms with E-state index in [0.29, 0.717) is 6.21 Å². The Bertz CT molecular complexity index is 455. The maximum absolute atomic E-state index is 10.9. The van der Waals surface area contributed by atoms with Crippen LogP contribution in [0.4, 0.5) is 5.69 Å². The molecule has 0 aliphatic heterocycles. The largest absolute Gasteiger partial charge is 0.507 e. The lowest BCUT2D eigenvalue weighted by molar-refractivity contribution is -0.110. The summed E-state index contributed by atoms with van der Waals surface area (Å²) in [5.74, 6) is -2.44. The van der Waals surface area contributed by atoms with Crippen LogP contribution < -0.4 is 5.32 Å². The number of nitrogens with zero attached hydrogens (tertiary/aromatic N) is 1. The van der Waals surface area contributed by atoms with Crippen molar-refractivity contribution in [3.8, 4) is 5.75 Å². The predicted molar refractivity (Wildman–Crippen MR) is 54.0 cm³/mol. The number of aromatic hydroxyl groups is 1. The van der Waals surface area contributed by atoms with Gasteiger partial charge in [0.15, 0.2) is 0 Å². The molecule has 4 N–H and O–H groups in total. The highest BCUT2D eigenvalue weighted by molar-refractivity contribution is 6.31. The van der Waals surface area contributed by atoms with Crippen LogP contribution in [0.15, 0.2) is 23.4 Å². The summed E-state index contributed by atoms with van der Waals surface area (Å²) in [6.45, 7) is 0. The van der Waals surface area contributed by atoms with Crippen LogP contribution in [0, 0.1) is 0 Å². The Morgan fingerprint density at radius 3 is 2.56 bits per heavy atom. The van der Waals surface area contributed by atoms with Crippen molar-refractivity contribution in [3.05, 3.63) is 23.8 Å². The van der Waals surface area contributed by atoms with Gasteiger partial charge in [0, 0.05) is 11.8 Å². The third kappa shape index (κ3) is 2.71. The third-order valence-electron chi connectivity index (χ3n) is 1.67. The Kier molecular flexibility index (Phi) is 3.44. The lowest BCUT2D eigenvalue weighted by Crippen LogP contribution is -2.12. The molecule has 0 atom stereocenters. The number of benzene rings is 1. The molecule has 1 amide bonds. The Morgan fingerprint density at radius 1 is 1.38 bits per heavy atom. The summed E-state index contributed by atoms with van der Waals surface area (Å²) in [5, 5.41) is 30.7. The molecular formula is C9H8N2O5. The van der Waals surface area contributed by atoms with E-state index in [2.05, 4.69) is 10.5 Å². The van der Waals surface area contributed by atoms with Crippen molar-refractivity contribution in [2.45, 2.75) is 0 Å². The summed E-state index contributed by atoms with van der Waals surface area (Å²) in [6, 6.07) is 3.52. The highest BCUT2D eigenvalue weighted by Gasteiger charge is 2.10. The van der Waals surface area contributed by atoms with Crippen molar-refractivity contribution in [2.24, 2.45) is 5.16 Å². The zero-order chi connectivity index (χ0) is 12.1. The van der Waals surface area contributed by atoms with Crippen LogP contribution >= 0.6 is 0 Å². The molecule has 0 aliphatic rings. The van der Waals surface area contributed by atoms with Gasteiger partial charge in [-0.15, -0.1) is 0 Å². The SMILES string of the molecule is O=C(/C=N\O)Nc1ccc(C(=O)O)c(O)c1. The average Bonchev–Trinajstić information content (AvgIpc) is 2.17. The Balaban J connectivity index is 2.89. The van der Waals surface area contributed by atoms with Gasteiger partial charge in [-0.1, -0.05) is 5.16 Å². The fraction of sp³-hybridized carbons (Fsp3) is 0. The summed E-state index contributed by atoms with van der Waals surface area (Å²) in [5.41, 5.74) is -0.0822. The third-order valence-corrected chi connectivity index (χ3v) is 1.67.